The van der Waals surface area contributed by atoms with Crippen molar-refractivity contribution < 1.29 is 9.90 Å². The van der Waals surface area contributed by atoms with Crippen LogP contribution in [0.3, 0.4) is 0 Å². The SMILES string of the molecule is CSC1CCC(NC(=O)c2sccc2C#CCO)C1. The first-order chi connectivity index (χ1) is 9.24. The number of amides is 1. The fraction of sp³-hybridized carbons (Fsp3) is 0.500. The zero-order valence-corrected chi connectivity index (χ0v) is 12.4. The molecule has 1 aromatic heterocycles. The van der Waals surface area contributed by atoms with Crippen LogP contribution in [0.4, 0.5) is 0 Å². The predicted octanol–water partition coefficient (Wildman–Crippen LogP) is 2.11. The molecule has 1 saturated carbocycles. The summed E-state index contributed by atoms with van der Waals surface area (Å²) in [4.78, 5) is 12.8. The Bertz CT molecular complexity index is 501. The number of carbonyl (C=O) groups is 1. The Morgan fingerprint density at radius 3 is 3.16 bits per heavy atom. The van der Waals surface area contributed by atoms with Crippen LogP contribution in [0.25, 0.3) is 0 Å². The minimum Gasteiger partial charge on any atom is -0.384 e. The molecule has 1 heterocycles. The van der Waals surface area contributed by atoms with Gasteiger partial charge in [-0.2, -0.15) is 11.8 Å². The summed E-state index contributed by atoms with van der Waals surface area (Å²) >= 11 is 3.27. The average Bonchev–Trinajstić information content (AvgIpc) is 3.04. The molecule has 2 atom stereocenters. The fourth-order valence-corrected chi connectivity index (χ4v) is 3.80. The number of nitrogens with one attached hydrogen (secondary N) is 1. The molecule has 0 radical (unpaired) electrons. The van der Waals surface area contributed by atoms with Crippen molar-refractivity contribution in [3.63, 3.8) is 0 Å². The van der Waals surface area contributed by atoms with Gasteiger partial charge in [0.25, 0.3) is 5.91 Å². The molecule has 102 valence electrons. The predicted molar refractivity (Wildman–Crippen MR) is 80.7 cm³/mol. The summed E-state index contributed by atoms with van der Waals surface area (Å²) in [5, 5.41) is 14.3. The third-order valence-corrected chi connectivity index (χ3v) is 5.23. The summed E-state index contributed by atoms with van der Waals surface area (Å²) in [7, 11) is 0. The number of thiophene rings is 1. The number of hydrogen-bond donors (Lipinski definition) is 2. The average molecular weight is 295 g/mol. The van der Waals surface area contributed by atoms with Crippen LogP contribution in [0.5, 0.6) is 0 Å². The molecule has 0 aromatic carbocycles. The van der Waals surface area contributed by atoms with E-state index in [2.05, 4.69) is 23.4 Å². The first-order valence-corrected chi connectivity index (χ1v) is 8.42. The molecule has 0 spiro atoms. The van der Waals surface area contributed by atoms with Crippen LogP contribution < -0.4 is 5.32 Å². The summed E-state index contributed by atoms with van der Waals surface area (Å²) in [5.74, 6) is 5.36. The molecular formula is C14H17NO2S2. The van der Waals surface area contributed by atoms with Gasteiger partial charge in [0.1, 0.15) is 11.5 Å². The van der Waals surface area contributed by atoms with Crippen molar-refractivity contribution >= 4 is 29.0 Å². The summed E-state index contributed by atoms with van der Waals surface area (Å²) in [6.07, 6.45) is 5.40. The maximum absolute atomic E-state index is 12.2. The maximum atomic E-state index is 12.2. The third kappa shape index (κ3) is 3.75. The number of rotatable bonds is 3. The van der Waals surface area contributed by atoms with Gasteiger partial charge in [0.2, 0.25) is 0 Å². The van der Waals surface area contributed by atoms with Gasteiger partial charge in [0, 0.05) is 16.9 Å². The van der Waals surface area contributed by atoms with Crippen molar-refractivity contribution in [2.24, 2.45) is 0 Å². The Morgan fingerprint density at radius 2 is 2.47 bits per heavy atom. The van der Waals surface area contributed by atoms with E-state index in [1.54, 1.807) is 0 Å². The van der Waals surface area contributed by atoms with Crippen LogP contribution in [0.15, 0.2) is 11.4 Å². The zero-order valence-electron chi connectivity index (χ0n) is 10.8. The molecule has 1 amide bonds. The van der Waals surface area contributed by atoms with E-state index >= 15 is 0 Å². The third-order valence-electron chi connectivity index (χ3n) is 3.23. The van der Waals surface area contributed by atoms with Crippen LogP contribution in [0.1, 0.15) is 34.5 Å². The smallest absolute Gasteiger partial charge is 0.262 e. The minimum atomic E-state index is -0.186. The van der Waals surface area contributed by atoms with Crippen LogP contribution in [0.2, 0.25) is 0 Å². The van der Waals surface area contributed by atoms with Gasteiger partial charge in [-0.3, -0.25) is 4.79 Å². The second kappa shape index (κ2) is 6.99. The standard InChI is InChI=1S/C14H17NO2S2/c1-18-12-5-4-11(9-12)15-14(17)13-10(3-2-7-16)6-8-19-13/h6,8,11-12,16H,4-5,7,9H2,1H3,(H,15,17). The topological polar surface area (TPSA) is 49.3 Å². The molecule has 3 nitrogen and oxygen atoms in total. The quantitative estimate of drug-likeness (QED) is 0.840. The molecule has 2 rings (SSSR count). The van der Waals surface area contributed by atoms with Crippen molar-refractivity contribution in [2.45, 2.75) is 30.6 Å². The Kier molecular flexibility index (Phi) is 5.32. The van der Waals surface area contributed by atoms with E-state index < -0.39 is 0 Å². The minimum absolute atomic E-state index is 0.0380. The lowest BCUT2D eigenvalue weighted by Crippen LogP contribution is -2.32. The van der Waals surface area contributed by atoms with Gasteiger partial charge in [-0.25, -0.2) is 0 Å². The van der Waals surface area contributed by atoms with Crippen molar-refractivity contribution in [2.75, 3.05) is 12.9 Å². The summed E-state index contributed by atoms with van der Waals surface area (Å²) < 4.78 is 0. The number of aliphatic hydroxyl groups is 1. The summed E-state index contributed by atoms with van der Waals surface area (Å²) in [5.41, 5.74) is 0.705. The van der Waals surface area contributed by atoms with E-state index in [0.717, 1.165) is 12.8 Å². The van der Waals surface area contributed by atoms with Gasteiger partial charge in [-0.05, 0) is 37.0 Å². The Balaban J connectivity index is 1.99. The maximum Gasteiger partial charge on any atom is 0.262 e. The number of hydrogen-bond acceptors (Lipinski definition) is 4. The van der Waals surface area contributed by atoms with Crippen LogP contribution in [-0.4, -0.2) is 35.2 Å². The van der Waals surface area contributed by atoms with Gasteiger partial charge in [-0.1, -0.05) is 11.8 Å². The van der Waals surface area contributed by atoms with E-state index in [1.165, 1.54) is 17.8 Å². The van der Waals surface area contributed by atoms with Crippen molar-refractivity contribution in [3.8, 4) is 11.8 Å². The number of carbonyl (C=O) groups excluding carboxylic acids is 1. The van der Waals surface area contributed by atoms with E-state index in [0.29, 0.717) is 15.7 Å². The highest BCUT2D eigenvalue weighted by atomic mass is 32.2. The molecule has 1 aliphatic carbocycles. The van der Waals surface area contributed by atoms with Gasteiger partial charge in [0.05, 0.1) is 0 Å². The monoisotopic (exact) mass is 295 g/mol. The van der Waals surface area contributed by atoms with E-state index in [9.17, 15) is 4.79 Å². The zero-order chi connectivity index (χ0) is 13.7. The van der Waals surface area contributed by atoms with Crippen LogP contribution in [0, 0.1) is 11.8 Å². The molecule has 1 aromatic rings. The summed E-state index contributed by atoms with van der Waals surface area (Å²) in [6, 6.07) is 2.10. The van der Waals surface area contributed by atoms with Crippen LogP contribution in [-0.2, 0) is 0 Å². The molecule has 19 heavy (non-hydrogen) atoms. The van der Waals surface area contributed by atoms with Gasteiger partial charge >= 0.3 is 0 Å². The van der Waals surface area contributed by atoms with Crippen molar-refractivity contribution in [1.82, 2.24) is 5.32 Å². The lowest BCUT2D eigenvalue weighted by atomic mass is 10.2. The molecule has 1 fully saturated rings. The molecule has 0 bridgehead atoms. The molecule has 0 aliphatic heterocycles. The largest absolute Gasteiger partial charge is 0.384 e. The molecule has 1 aliphatic rings. The lowest BCUT2D eigenvalue weighted by Gasteiger charge is -2.12. The number of aliphatic hydroxyl groups excluding tert-OH is 1. The normalized spacial score (nSPS) is 21.8. The van der Waals surface area contributed by atoms with E-state index in [1.807, 2.05) is 23.2 Å². The van der Waals surface area contributed by atoms with Gasteiger partial charge in [0.15, 0.2) is 0 Å². The number of thioether (sulfide) groups is 1. The molecule has 2 N–H and O–H groups in total. The van der Waals surface area contributed by atoms with E-state index in [4.69, 9.17) is 5.11 Å². The van der Waals surface area contributed by atoms with Crippen molar-refractivity contribution in [3.05, 3.63) is 21.9 Å². The van der Waals surface area contributed by atoms with Crippen molar-refractivity contribution in [1.29, 1.82) is 0 Å². The van der Waals surface area contributed by atoms with Gasteiger partial charge < -0.3 is 10.4 Å². The summed E-state index contributed by atoms with van der Waals surface area (Å²) in [6.45, 7) is -0.186. The van der Waals surface area contributed by atoms with E-state index in [-0.39, 0.29) is 18.6 Å². The molecule has 5 heteroatoms. The second-order valence-corrected chi connectivity index (χ2v) is 6.52. The Hall–Kier alpha value is -0.960. The molecule has 0 saturated heterocycles. The molecule has 2 unspecified atom stereocenters. The fourth-order valence-electron chi connectivity index (χ4n) is 2.25. The van der Waals surface area contributed by atoms with Crippen LogP contribution >= 0.6 is 23.1 Å². The highest BCUT2D eigenvalue weighted by molar-refractivity contribution is 7.99. The molecular weight excluding hydrogens is 278 g/mol. The second-order valence-electron chi connectivity index (χ2n) is 4.46. The van der Waals surface area contributed by atoms with Gasteiger partial charge in [-0.15, -0.1) is 11.3 Å². The Labute approximate surface area is 121 Å². The lowest BCUT2D eigenvalue weighted by molar-refractivity contribution is 0.0942. The first kappa shape index (κ1) is 14.4. The Morgan fingerprint density at radius 1 is 1.63 bits per heavy atom. The first-order valence-electron chi connectivity index (χ1n) is 6.25. The highest BCUT2D eigenvalue weighted by Gasteiger charge is 2.26. The highest BCUT2D eigenvalue weighted by Crippen LogP contribution is 2.28.